The summed E-state index contributed by atoms with van der Waals surface area (Å²) >= 11 is 1.45. The maximum atomic E-state index is 11.4. The minimum Gasteiger partial charge on any atom is -0.495 e. The Labute approximate surface area is 109 Å². The highest BCUT2D eigenvalue weighted by atomic mass is 32.1. The van der Waals surface area contributed by atoms with Gasteiger partial charge in [0.2, 0.25) is 0 Å². The number of aryl methyl sites for hydroxylation is 1. The number of thiophene rings is 1. The maximum absolute atomic E-state index is 11.4. The van der Waals surface area contributed by atoms with Gasteiger partial charge in [0.05, 0.1) is 18.4 Å². The number of anilines is 2. The molecule has 0 spiro atoms. The van der Waals surface area contributed by atoms with Crippen molar-refractivity contribution in [1.82, 2.24) is 0 Å². The molecule has 1 aromatic carbocycles. The summed E-state index contributed by atoms with van der Waals surface area (Å²) in [7, 11) is 1.61. The van der Waals surface area contributed by atoms with Crippen molar-refractivity contribution >= 4 is 27.9 Å². The Hall–Kier alpha value is -2.01. The van der Waals surface area contributed by atoms with Gasteiger partial charge in [-0.1, -0.05) is 12.1 Å². The molecule has 0 atom stereocenters. The predicted octanol–water partition coefficient (Wildman–Crippen LogP) is 2.91. The van der Waals surface area contributed by atoms with Gasteiger partial charge in [-0.3, -0.25) is 4.79 Å². The van der Waals surface area contributed by atoms with Gasteiger partial charge in [-0.2, -0.15) is 0 Å². The van der Waals surface area contributed by atoms with E-state index in [9.17, 15) is 4.79 Å². The lowest BCUT2D eigenvalue weighted by atomic mass is 10.2. The Kier molecular flexibility index (Phi) is 3.53. The second-order valence-corrected chi connectivity index (χ2v) is 4.69. The quantitative estimate of drug-likeness (QED) is 0.890. The highest BCUT2D eigenvalue weighted by Gasteiger charge is 2.15. The van der Waals surface area contributed by atoms with Crippen LogP contribution in [-0.4, -0.2) is 13.0 Å². The number of carbonyl (C=O) groups is 1. The fourth-order valence-corrected chi connectivity index (χ4v) is 2.67. The lowest BCUT2D eigenvalue weighted by Crippen LogP contribution is -2.13. The van der Waals surface area contributed by atoms with Crippen LogP contribution in [0.15, 0.2) is 29.6 Å². The third kappa shape index (κ3) is 2.31. The highest BCUT2D eigenvalue weighted by molar-refractivity contribution is 7.14. The minimum atomic E-state index is -0.425. The van der Waals surface area contributed by atoms with Crippen LogP contribution in [0.5, 0.6) is 5.75 Å². The molecule has 4 nitrogen and oxygen atoms in total. The highest BCUT2D eigenvalue weighted by Crippen LogP contribution is 2.33. The molecule has 18 heavy (non-hydrogen) atoms. The van der Waals surface area contributed by atoms with Gasteiger partial charge < -0.3 is 15.8 Å². The molecule has 94 valence electrons. The molecule has 1 heterocycles. The normalized spacial score (nSPS) is 10.1. The van der Waals surface area contributed by atoms with Crippen molar-refractivity contribution in [3.05, 3.63) is 40.8 Å². The third-order valence-corrected chi connectivity index (χ3v) is 3.59. The Morgan fingerprint density at radius 1 is 1.39 bits per heavy atom. The number of ether oxygens (including phenoxy) is 1. The summed E-state index contributed by atoms with van der Waals surface area (Å²) in [6, 6.07) is 7.53. The van der Waals surface area contributed by atoms with Crippen LogP contribution in [0.1, 0.15) is 15.9 Å². The average Bonchev–Trinajstić information content (AvgIpc) is 2.71. The molecule has 1 aromatic heterocycles. The van der Waals surface area contributed by atoms with Crippen molar-refractivity contribution in [3.8, 4) is 5.75 Å². The molecular weight excluding hydrogens is 248 g/mol. The summed E-state index contributed by atoms with van der Waals surface area (Å²) in [5.74, 6) is 0.296. The second-order valence-electron chi connectivity index (χ2n) is 3.81. The minimum absolute atomic E-state index is 0.425. The number of hydrogen-bond donors (Lipinski definition) is 2. The molecule has 0 unspecified atom stereocenters. The van der Waals surface area contributed by atoms with E-state index in [0.29, 0.717) is 5.56 Å². The van der Waals surface area contributed by atoms with E-state index in [-0.39, 0.29) is 0 Å². The van der Waals surface area contributed by atoms with Crippen LogP contribution in [0.4, 0.5) is 10.7 Å². The third-order valence-electron chi connectivity index (χ3n) is 2.58. The van der Waals surface area contributed by atoms with E-state index in [2.05, 4.69) is 5.32 Å². The van der Waals surface area contributed by atoms with Gasteiger partial charge in [0.1, 0.15) is 10.8 Å². The topological polar surface area (TPSA) is 64.3 Å². The van der Waals surface area contributed by atoms with Crippen molar-refractivity contribution in [2.75, 3.05) is 12.4 Å². The van der Waals surface area contributed by atoms with E-state index in [0.717, 1.165) is 22.0 Å². The number of nitrogens with one attached hydrogen (secondary N) is 1. The van der Waals surface area contributed by atoms with Crippen molar-refractivity contribution in [3.63, 3.8) is 0 Å². The van der Waals surface area contributed by atoms with Crippen LogP contribution >= 0.6 is 11.3 Å². The van der Waals surface area contributed by atoms with Crippen molar-refractivity contribution < 1.29 is 9.53 Å². The molecule has 2 aromatic rings. The van der Waals surface area contributed by atoms with Gasteiger partial charge in [-0.05, 0) is 30.0 Å². The van der Waals surface area contributed by atoms with E-state index in [1.165, 1.54) is 11.3 Å². The summed E-state index contributed by atoms with van der Waals surface area (Å²) in [4.78, 5) is 11.4. The molecule has 0 saturated heterocycles. The first kappa shape index (κ1) is 12.4. The predicted molar refractivity (Wildman–Crippen MR) is 73.9 cm³/mol. The Balaban J connectivity index is 2.37. The Morgan fingerprint density at radius 2 is 2.11 bits per heavy atom. The largest absolute Gasteiger partial charge is 0.495 e. The van der Waals surface area contributed by atoms with Crippen molar-refractivity contribution in [1.29, 1.82) is 0 Å². The molecular formula is C13H14N2O2S. The standard InChI is InChI=1S/C13H14N2O2S/c1-8-7-18-13(11(8)12(14)16)15-9-5-3-4-6-10(9)17-2/h3-7,15H,1-2H3,(H2,14,16). The average molecular weight is 262 g/mol. The van der Waals surface area contributed by atoms with Gasteiger partial charge in [0.15, 0.2) is 0 Å². The number of amides is 1. The molecule has 0 aliphatic carbocycles. The zero-order chi connectivity index (χ0) is 13.1. The van der Waals surface area contributed by atoms with Crippen LogP contribution in [0.3, 0.4) is 0 Å². The van der Waals surface area contributed by atoms with E-state index in [1.807, 2.05) is 36.6 Å². The van der Waals surface area contributed by atoms with Crippen LogP contribution < -0.4 is 15.8 Å². The van der Waals surface area contributed by atoms with Gasteiger partial charge in [-0.25, -0.2) is 0 Å². The van der Waals surface area contributed by atoms with E-state index in [1.54, 1.807) is 7.11 Å². The lowest BCUT2D eigenvalue weighted by molar-refractivity contribution is 0.100. The zero-order valence-electron chi connectivity index (χ0n) is 10.2. The maximum Gasteiger partial charge on any atom is 0.251 e. The monoisotopic (exact) mass is 262 g/mol. The zero-order valence-corrected chi connectivity index (χ0v) is 11.0. The van der Waals surface area contributed by atoms with Gasteiger partial charge in [-0.15, -0.1) is 11.3 Å². The van der Waals surface area contributed by atoms with Crippen molar-refractivity contribution in [2.45, 2.75) is 6.92 Å². The first-order valence-electron chi connectivity index (χ1n) is 5.41. The number of nitrogens with two attached hydrogens (primary N) is 1. The number of rotatable bonds is 4. The van der Waals surface area contributed by atoms with Gasteiger partial charge in [0, 0.05) is 0 Å². The molecule has 0 bridgehead atoms. The molecule has 0 fully saturated rings. The first-order valence-corrected chi connectivity index (χ1v) is 6.29. The molecule has 2 rings (SSSR count). The van der Waals surface area contributed by atoms with Gasteiger partial charge in [0.25, 0.3) is 5.91 Å². The van der Waals surface area contributed by atoms with Crippen molar-refractivity contribution in [2.24, 2.45) is 5.73 Å². The number of carbonyl (C=O) groups excluding carboxylic acids is 1. The van der Waals surface area contributed by atoms with Crippen LogP contribution in [0.2, 0.25) is 0 Å². The smallest absolute Gasteiger partial charge is 0.251 e. The van der Waals surface area contributed by atoms with Gasteiger partial charge >= 0.3 is 0 Å². The van der Waals surface area contributed by atoms with E-state index < -0.39 is 5.91 Å². The molecule has 3 N–H and O–H groups in total. The first-order chi connectivity index (χ1) is 8.63. The number of benzene rings is 1. The van der Waals surface area contributed by atoms with Crippen LogP contribution in [0, 0.1) is 6.92 Å². The van der Waals surface area contributed by atoms with Crippen LogP contribution in [-0.2, 0) is 0 Å². The van der Waals surface area contributed by atoms with E-state index >= 15 is 0 Å². The summed E-state index contributed by atoms with van der Waals surface area (Å²) in [6.45, 7) is 1.87. The van der Waals surface area contributed by atoms with Crippen LogP contribution in [0.25, 0.3) is 0 Å². The number of hydrogen-bond acceptors (Lipinski definition) is 4. The number of methoxy groups -OCH3 is 1. The molecule has 0 saturated carbocycles. The fraction of sp³-hybridized carbons (Fsp3) is 0.154. The molecule has 5 heteroatoms. The SMILES string of the molecule is COc1ccccc1Nc1scc(C)c1C(N)=O. The molecule has 0 aliphatic rings. The number of primary amides is 1. The molecule has 1 amide bonds. The lowest BCUT2D eigenvalue weighted by Gasteiger charge is -2.10. The summed E-state index contributed by atoms with van der Waals surface area (Å²) in [5, 5.41) is 5.83. The summed E-state index contributed by atoms with van der Waals surface area (Å²) < 4.78 is 5.25. The second kappa shape index (κ2) is 5.10. The van der Waals surface area contributed by atoms with E-state index in [4.69, 9.17) is 10.5 Å². The summed E-state index contributed by atoms with van der Waals surface area (Å²) in [6.07, 6.45) is 0. The Morgan fingerprint density at radius 3 is 2.78 bits per heavy atom. The molecule has 0 radical (unpaired) electrons. The molecule has 0 aliphatic heterocycles. The Bertz CT molecular complexity index is 578. The number of para-hydroxylation sites is 2. The fourth-order valence-electron chi connectivity index (χ4n) is 1.71. The summed E-state index contributed by atoms with van der Waals surface area (Å²) in [5.41, 5.74) is 7.60.